The van der Waals surface area contributed by atoms with E-state index >= 15 is 0 Å². The van der Waals surface area contributed by atoms with Gasteiger partial charge in [0.2, 0.25) is 0 Å². The Labute approximate surface area is 117 Å². The smallest absolute Gasteiger partial charge is 0.00632 e. The Morgan fingerprint density at radius 3 is 1.84 bits per heavy atom. The lowest BCUT2D eigenvalue weighted by Crippen LogP contribution is -2.20. The Morgan fingerprint density at radius 2 is 1.32 bits per heavy atom. The summed E-state index contributed by atoms with van der Waals surface area (Å²) in [4.78, 5) is 0. The molecular weight excluding hydrogens is 228 g/mol. The number of hydrogen-bond donors (Lipinski definition) is 0. The lowest BCUT2D eigenvalue weighted by molar-refractivity contribution is 0.522. The van der Waals surface area contributed by atoms with Gasteiger partial charge in [-0.1, -0.05) is 74.9 Å². The molecule has 100 valence electrons. The molecule has 19 heavy (non-hydrogen) atoms. The SMILES string of the molecule is CCc1ccc(C(C)(C)Cc2ccc(C)cc2)cc1. The van der Waals surface area contributed by atoms with Crippen LogP contribution in [0, 0.1) is 6.92 Å². The summed E-state index contributed by atoms with van der Waals surface area (Å²) in [7, 11) is 0. The van der Waals surface area contributed by atoms with E-state index in [1.807, 2.05) is 0 Å². The zero-order chi connectivity index (χ0) is 13.9. The molecule has 0 aliphatic carbocycles. The molecule has 0 aromatic heterocycles. The van der Waals surface area contributed by atoms with Crippen LogP contribution in [0.3, 0.4) is 0 Å². The summed E-state index contributed by atoms with van der Waals surface area (Å²) in [5.74, 6) is 0. The molecule has 0 unspecified atom stereocenters. The van der Waals surface area contributed by atoms with E-state index < -0.39 is 0 Å². The number of aryl methyl sites for hydroxylation is 2. The second-order valence-corrected chi connectivity index (χ2v) is 6.10. The highest BCUT2D eigenvalue weighted by Gasteiger charge is 2.20. The Kier molecular flexibility index (Phi) is 4.09. The minimum Gasteiger partial charge on any atom is -0.0613 e. The van der Waals surface area contributed by atoms with Crippen molar-refractivity contribution < 1.29 is 0 Å². The normalized spacial score (nSPS) is 11.6. The molecule has 2 rings (SSSR count). The third-order valence-corrected chi connectivity index (χ3v) is 3.91. The molecule has 0 saturated heterocycles. The minimum absolute atomic E-state index is 0.182. The van der Waals surface area contributed by atoms with Crippen molar-refractivity contribution in [2.24, 2.45) is 0 Å². The topological polar surface area (TPSA) is 0 Å². The maximum absolute atomic E-state index is 2.33. The Hall–Kier alpha value is -1.56. The second-order valence-electron chi connectivity index (χ2n) is 6.10. The third kappa shape index (κ3) is 3.47. The molecule has 2 aromatic carbocycles. The summed E-state index contributed by atoms with van der Waals surface area (Å²) in [6.45, 7) is 8.99. The molecule has 0 aliphatic heterocycles. The third-order valence-electron chi connectivity index (χ3n) is 3.91. The maximum atomic E-state index is 2.33. The van der Waals surface area contributed by atoms with Gasteiger partial charge in [-0.05, 0) is 41.9 Å². The molecule has 0 heterocycles. The standard InChI is InChI=1S/C19H24/c1-5-16-10-12-18(13-11-16)19(3,4)14-17-8-6-15(2)7-9-17/h6-13H,5,14H2,1-4H3. The van der Waals surface area contributed by atoms with Gasteiger partial charge < -0.3 is 0 Å². The zero-order valence-corrected chi connectivity index (χ0v) is 12.5. The quantitative estimate of drug-likeness (QED) is 0.712. The molecule has 0 radical (unpaired) electrons. The molecule has 0 nitrogen and oxygen atoms in total. The van der Waals surface area contributed by atoms with E-state index in [4.69, 9.17) is 0 Å². The van der Waals surface area contributed by atoms with Crippen molar-refractivity contribution in [3.63, 3.8) is 0 Å². The lowest BCUT2D eigenvalue weighted by atomic mass is 9.79. The van der Waals surface area contributed by atoms with E-state index in [1.54, 1.807) is 0 Å². The van der Waals surface area contributed by atoms with Gasteiger partial charge >= 0.3 is 0 Å². The van der Waals surface area contributed by atoms with Crippen molar-refractivity contribution in [2.45, 2.75) is 46.0 Å². The first-order chi connectivity index (χ1) is 9.01. The van der Waals surface area contributed by atoms with E-state index in [9.17, 15) is 0 Å². The highest BCUT2D eigenvalue weighted by molar-refractivity contribution is 5.31. The molecule has 2 aromatic rings. The van der Waals surface area contributed by atoms with E-state index in [1.165, 1.54) is 22.3 Å². The van der Waals surface area contributed by atoms with Crippen molar-refractivity contribution >= 4 is 0 Å². The van der Waals surface area contributed by atoms with Crippen LogP contribution in [0.15, 0.2) is 48.5 Å². The van der Waals surface area contributed by atoms with Crippen LogP contribution in [-0.2, 0) is 18.3 Å². The first-order valence-corrected chi connectivity index (χ1v) is 7.16. The van der Waals surface area contributed by atoms with Gasteiger partial charge in [-0.2, -0.15) is 0 Å². The van der Waals surface area contributed by atoms with Crippen molar-refractivity contribution in [2.75, 3.05) is 0 Å². The fourth-order valence-corrected chi connectivity index (χ4v) is 2.51. The number of hydrogen-bond acceptors (Lipinski definition) is 0. The van der Waals surface area contributed by atoms with E-state index in [0.29, 0.717) is 0 Å². The summed E-state index contributed by atoms with van der Waals surface area (Å²) in [6, 6.07) is 18.0. The first kappa shape index (κ1) is 13.9. The molecule has 0 fully saturated rings. The fourth-order valence-electron chi connectivity index (χ4n) is 2.51. The van der Waals surface area contributed by atoms with Crippen LogP contribution in [0.1, 0.15) is 43.0 Å². The van der Waals surface area contributed by atoms with Crippen LogP contribution in [0.2, 0.25) is 0 Å². The minimum atomic E-state index is 0.182. The monoisotopic (exact) mass is 252 g/mol. The molecule has 0 bridgehead atoms. The summed E-state index contributed by atoms with van der Waals surface area (Å²) in [5.41, 5.74) is 5.76. The van der Waals surface area contributed by atoms with Gasteiger partial charge in [0.1, 0.15) is 0 Å². The molecule has 0 N–H and O–H groups in total. The van der Waals surface area contributed by atoms with Crippen LogP contribution in [0.25, 0.3) is 0 Å². The first-order valence-electron chi connectivity index (χ1n) is 7.16. The second kappa shape index (κ2) is 5.61. The van der Waals surface area contributed by atoms with Gasteiger partial charge in [-0.25, -0.2) is 0 Å². The van der Waals surface area contributed by atoms with Crippen LogP contribution in [0.5, 0.6) is 0 Å². The van der Waals surface area contributed by atoms with Gasteiger partial charge in [0.05, 0.1) is 0 Å². The van der Waals surface area contributed by atoms with E-state index in [-0.39, 0.29) is 5.41 Å². The van der Waals surface area contributed by atoms with Crippen molar-refractivity contribution in [1.82, 2.24) is 0 Å². The van der Waals surface area contributed by atoms with Gasteiger partial charge in [0, 0.05) is 0 Å². The summed E-state index contributed by atoms with van der Waals surface area (Å²) >= 11 is 0. The van der Waals surface area contributed by atoms with E-state index in [0.717, 1.165) is 12.8 Å². The summed E-state index contributed by atoms with van der Waals surface area (Å²) in [6.07, 6.45) is 2.19. The summed E-state index contributed by atoms with van der Waals surface area (Å²) < 4.78 is 0. The molecular formula is C19H24. The van der Waals surface area contributed by atoms with Gasteiger partial charge in [0.25, 0.3) is 0 Å². The predicted octanol–water partition coefficient (Wildman–Crippen LogP) is 5.08. The molecule has 0 saturated carbocycles. The predicted molar refractivity (Wildman–Crippen MR) is 83.7 cm³/mol. The van der Waals surface area contributed by atoms with Gasteiger partial charge in [-0.3, -0.25) is 0 Å². The average molecular weight is 252 g/mol. The highest BCUT2D eigenvalue weighted by Crippen LogP contribution is 2.28. The fraction of sp³-hybridized carbons (Fsp3) is 0.368. The highest BCUT2D eigenvalue weighted by atomic mass is 14.2. The molecule has 0 aliphatic rings. The molecule has 0 spiro atoms. The lowest BCUT2D eigenvalue weighted by Gasteiger charge is -2.26. The van der Waals surface area contributed by atoms with Gasteiger partial charge in [0.15, 0.2) is 0 Å². The number of benzene rings is 2. The largest absolute Gasteiger partial charge is 0.0613 e. The molecule has 0 amide bonds. The molecule has 0 atom stereocenters. The molecule has 0 heteroatoms. The van der Waals surface area contributed by atoms with Crippen LogP contribution >= 0.6 is 0 Å². The zero-order valence-electron chi connectivity index (χ0n) is 12.5. The van der Waals surface area contributed by atoms with Crippen LogP contribution in [0.4, 0.5) is 0 Å². The Morgan fingerprint density at radius 1 is 0.789 bits per heavy atom. The van der Waals surface area contributed by atoms with Crippen LogP contribution < -0.4 is 0 Å². The van der Waals surface area contributed by atoms with Crippen molar-refractivity contribution in [3.8, 4) is 0 Å². The van der Waals surface area contributed by atoms with Crippen LogP contribution in [-0.4, -0.2) is 0 Å². The van der Waals surface area contributed by atoms with Crippen molar-refractivity contribution in [3.05, 3.63) is 70.8 Å². The maximum Gasteiger partial charge on any atom is -0.00632 e. The number of rotatable bonds is 4. The summed E-state index contributed by atoms with van der Waals surface area (Å²) in [5, 5.41) is 0. The average Bonchev–Trinajstić information content (AvgIpc) is 2.41. The Bertz CT molecular complexity index is 515. The van der Waals surface area contributed by atoms with Crippen molar-refractivity contribution in [1.29, 1.82) is 0 Å². The Balaban J connectivity index is 2.18. The van der Waals surface area contributed by atoms with Gasteiger partial charge in [-0.15, -0.1) is 0 Å². The van der Waals surface area contributed by atoms with E-state index in [2.05, 4.69) is 76.2 Å².